The number of nitrogens with one attached hydrogen (secondary N) is 1. The molecule has 3 N–H and O–H groups in total. The lowest BCUT2D eigenvalue weighted by molar-refractivity contribution is 0.0709. The molecule has 0 radical (unpaired) electrons. The molecule has 0 spiro atoms. The van der Waals surface area contributed by atoms with Crippen molar-refractivity contribution >= 4 is 53.0 Å². The zero-order valence-corrected chi connectivity index (χ0v) is 18.5. The fourth-order valence-corrected chi connectivity index (χ4v) is 5.18. The van der Waals surface area contributed by atoms with Crippen LogP contribution in [0.4, 0.5) is 5.00 Å². The van der Waals surface area contributed by atoms with Gasteiger partial charge >= 0.3 is 0 Å². The first-order chi connectivity index (χ1) is 13.1. The number of aryl methyl sites for hydroxylation is 1. The summed E-state index contributed by atoms with van der Waals surface area (Å²) in [5.41, 5.74) is 8.37. The number of aromatic nitrogens is 1. The lowest BCUT2D eigenvalue weighted by atomic mass is 9.94. The van der Waals surface area contributed by atoms with Crippen LogP contribution in [0.1, 0.15) is 56.8 Å². The maximum atomic E-state index is 13.3. The predicted octanol–water partition coefficient (Wildman–Crippen LogP) is 3.68. The van der Waals surface area contributed by atoms with Gasteiger partial charge in [-0.1, -0.05) is 0 Å². The van der Waals surface area contributed by atoms with Crippen LogP contribution in [0.3, 0.4) is 0 Å². The third-order valence-electron chi connectivity index (χ3n) is 5.28. The summed E-state index contributed by atoms with van der Waals surface area (Å²) in [4.78, 5) is 33.1. The van der Waals surface area contributed by atoms with Crippen molar-refractivity contribution in [1.29, 1.82) is 0 Å². The van der Waals surface area contributed by atoms with Crippen molar-refractivity contribution < 1.29 is 9.59 Å². The molecule has 2 aromatic rings. The second-order valence-corrected chi connectivity index (χ2v) is 8.37. The summed E-state index contributed by atoms with van der Waals surface area (Å²) in [7, 11) is 0. The maximum absolute atomic E-state index is 13.3. The van der Waals surface area contributed by atoms with E-state index < -0.39 is 0 Å². The number of carbonyl (C=O) groups excluding carboxylic acids is 2. The molecule has 0 bridgehead atoms. The average Bonchev–Trinajstić information content (AvgIpc) is 3.05. The summed E-state index contributed by atoms with van der Waals surface area (Å²) in [6.07, 6.45) is 9.14. The number of hydrogen-bond donors (Lipinski definition) is 2. The highest BCUT2D eigenvalue weighted by molar-refractivity contribution is 7.17. The molecule has 0 aromatic carbocycles. The number of fused-ring (bicyclic) bond motifs is 1. The minimum absolute atomic E-state index is 0. The molecule has 2 aromatic heterocycles. The van der Waals surface area contributed by atoms with Gasteiger partial charge in [0, 0.05) is 36.4 Å². The number of amides is 2. The van der Waals surface area contributed by atoms with E-state index in [9.17, 15) is 9.59 Å². The van der Waals surface area contributed by atoms with Gasteiger partial charge in [0.1, 0.15) is 5.00 Å². The Morgan fingerprint density at radius 1 is 1.21 bits per heavy atom. The van der Waals surface area contributed by atoms with E-state index in [1.165, 1.54) is 11.1 Å². The van der Waals surface area contributed by atoms with Gasteiger partial charge in [0.2, 0.25) is 0 Å². The third kappa shape index (κ3) is 5.09. The monoisotopic (exact) mass is 456 g/mol. The van der Waals surface area contributed by atoms with Crippen LogP contribution < -0.4 is 11.1 Å². The number of pyridine rings is 1. The standard InChI is InChI=1S/C20H24N4O2S.2ClH/c21-14-6-4-10-24(12-14)20(26)17-15-7-1-2-8-16(15)27-19(17)23-18(25)13-5-3-9-22-11-13;;/h3,5,9,11,14H,1-2,4,6-8,10,12,21H2,(H,23,25);2*1H. The van der Waals surface area contributed by atoms with Crippen molar-refractivity contribution in [3.8, 4) is 0 Å². The molecule has 0 saturated carbocycles. The Balaban J connectivity index is 0.00000150. The van der Waals surface area contributed by atoms with Gasteiger partial charge in [-0.2, -0.15) is 0 Å². The van der Waals surface area contributed by atoms with Crippen molar-refractivity contribution in [1.82, 2.24) is 9.88 Å². The van der Waals surface area contributed by atoms with Crippen molar-refractivity contribution in [3.05, 3.63) is 46.1 Å². The first-order valence-corrected chi connectivity index (χ1v) is 10.4. The number of carbonyl (C=O) groups is 2. The fraction of sp³-hybridized carbons (Fsp3) is 0.450. The topological polar surface area (TPSA) is 88.3 Å². The van der Waals surface area contributed by atoms with Crippen LogP contribution in [0.25, 0.3) is 0 Å². The Kier molecular flexibility index (Phi) is 8.46. The maximum Gasteiger partial charge on any atom is 0.257 e. The van der Waals surface area contributed by atoms with E-state index in [2.05, 4.69) is 10.3 Å². The summed E-state index contributed by atoms with van der Waals surface area (Å²) < 4.78 is 0. The van der Waals surface area contributed by atoms with Crippen LogP contribution in [0.5, 0.6) is 0 Å². The van der Waals surface area contributed by atoms with Crippen LogP contribution in [0, 0.1) is 0 Å². The molecule has 158 valence electrons. The number of rotatable bonds is 3. The van der Waals surface area contributed by atoms with Gasteiger partial charge in [0.25, 0.3) is 11.8 Å². The van der Waals surface area contributed by atoms with Crippen LogP contribution in [0.2, 0.25) is 0 Å². The third-order valence-corrected chi connectivity index (χ3v) is 6.49. The number of nitrogens with zero attached hydrogens (tertiary/aromatic N) is 2. The Hall–Kier alpha value is -1.67. The zero-order chi connectivity index (χ0) is 18.8. The van der Waals surface area contributed by atoms with Crippen molar-refractivity contribution in [2.24, 2.45) is 5.73 Å². The van der Waals surface area contributed by atoms with Crippen LogP contribution >= 0.6 is 36.2 Å². The Bertz CT molecular complexity index is 860. The number of halogens is 2. The summed E-state index contributed by atoms with van der Waals surface area (Å²) in [5.74, 6) is -0.225. The number of hydrogen-bond acceptors (Lipinski definition) is 5. The van der Waals surface area contributed by atoms with Gasteiger partial charge < -0.3 is 16.0 Å². The van der Waals surface area contributed by atoms with E-state index in [0.717, 1.165) is 50.6 Å². The SMILES string of the molecule is Cl.Cl.NC1CCCN(C(=O)c2c(NC(=O)c3cccnc3)sc3c2CCCC3)C1. The highest BCUT2D eigenvalue weighted by Gasteiger charge is 2.31. The lowest BCUT2D eigenvalue weighted by Crippen LogP contribution is -2.46. The minimum Gasteiger partial charge on any atom is -0.337 e. The molecule has 2 amide bonds. The highest BCUT2D eigenvalue weighted by atomic mass is 35.5. The molecule has 1 saturated heterocycles. The van der Waals surface area contributed by atoms with Gasteiger partial charge in [-0.3, -0.25) is 14.6 Å². The fourth-order valence-electron chi connectivity index (χ4n) is 3.91. The predicted molar refractivity (Wildman–Crippen MR) is 121 cm³/mol. The largest absolute Gasteiger partial charge is 0.337 e. The van der Waals surface area contributed by atoms with Crippen LogP contribution in [-0.4, -0.2) is 40.8 Å². The normalized spacial score (nSPS) is 18.1. The van der Waals surface area contributed by atoms with E-state index in [4.69, 9.17) is 5.73 Å². The number of piperidine rings is 1. The smallest absolute Gasteiger partial charge is 0.257 e. The molecule has 1 fully saturated rings. The number of likely N-dealkylation sites (tertiary alicyclic amines) is 1. The van der Waals surface area contributed by atoms with E-state index >= 15 is 0 Å². The second-order valence-electron chi connectivity index (χ2n) is 7.26. The summed E-state index contributed by atoms with van der Waals surface area (Å²) in [5, 5.41) is 3.64. The van der Waals surface area contributed by atoms with Crippen molar-refractivity contribution in [3.63, 3.8) is 0 Å². The van der Waals surface area contributed by atoms with E-state index in [-0.39, 0.29) is 42.7 Å². The van der Waals surface area contributed by atoms with Gasteiger partial charge in [-0.15, -0.1) is 36.2 Å². The molecular formula is C20H26Cl2N4O2S. The molecule has 9 heteroatoms. The van der Waals surface area contributed by atoms with Gasteiger partial charge in [-0.25, -0.2) is 0 Å². The summed E-state index contributed by atoms with van der Waals surface area (Å²) in [6.45, 7) is 1.31. The zero-order valence-electron chi connectivity index (χ0n) is 16.1. The van der Waals surface area contributed by atoms with E-state index in [1.807, 2.05) is 4.90 Å². The minimum atomic E-state index is -0.230. The molecule has 4 rings (SSSR count). The Morgan fingerprint density at radius 3 is 2.72 bits per heavy atom. The first-order valence-electron chi connectivity index (χ1n) is 9.54. The van der Waals surface area contributed by atoms with Gasteiger partial charge in [0.05, 0.1) is 11.1 Å². The quantitative estimate of drug-likeness (QED) is 0.736. The molecule has 2 aliphatic rings. The number of anilines is 1. The number of thiophene rings is 1. The van der Waals surface area contributed by atoms with Gasteiger partial charge in [-0.05, 0) is 56.2 Å². The molecule has 1 atom stereocenters. The van der Waals surface area contributed by atoms with Crippen LogP contribution in [0.15, 0.2) is 24.5 Å². The molecule has 1 aliphatic carbocycles. The Morgan fingerprint density at radius 2 is 2.00 bits per heavy atom. The second kappa shape index (κ2) is 10.4. The molecular weight excluding hydrogens is 431 g/mol. The highest BCUT2D eigenvalue weighted by Crippen LogP contribution is 2.39. The van der Waals surface area contributed by atoms with E-state index in [1.54, 1.807) is 29.7 Å². The summed E-state index contributed by atoms with van der Waals surface area (Å²) >= 11 is 1.55. The molecule has 3 heterocycles. The van der Waals surface area contributed by atoms with Crippen molar-refractivity contribution in [2.75, 3.05) is 18.4 Å². The Labute approximate surface area is 187 Å². The first kappa shape index (κ1) is 23.6. The summed E-state index contributed by atoms with van der Waals surface area (Å²) in [6, 6.07) is 3.49. The molecule has 1 unspecified atom stereocenters. The van der Waals surface area contributed by atoms with Crippen molar-refractivity contribution in [2.45, 2.75) is 44.6 Å². The molecule has 1 aliphatic heterocycles. The lowest BCUT2D eigenvalue weighted by Gasteiger charge is -2.31. The van der Waals surface area contributed by atoms with E-state index in [0.29, 0.717) is 22.7 Å². The van der Waals surface area contributed by atoms with Gasteiger partial charge in [0.15, 0.2) is 0 Å². The van der Waals surface area contributed by atoms with Crippen LogP contribution in [-0.2, 0) is 12.8 Å². The molecule has 6 nitrogen and oxygen atoms in total. The average molecular weight is 457 g/mol. The number of nitrogens with two attached hydrogens (primary N) is 1. The molecule has 29 heavy (non-hydrogen) atoms.